The summed E-state index contributed by atoms with van der Waals surface area (Å²) in [6.07, 6.45) is 0. The van der Waals surface area contributed by atoms with Crippen molar-refractivity contribution in [2.45, 2.75) is 6.92 Å². The number of para-hydroxylation sites is 1. The fourth-order valence-electron chi connectivity index (χ4n) is 1.48. The quantitative estimate of drug-likeness (QED) is 0.487. The van der Waals surface area contributed by atoms with Gasteiger partial charge in [0.25, 0.3) is 0 Å². The molecule has 0 bridgehead atoms. The first-order chi connectivity index (χ1) is 9.15. The van der Waals surface area contributed by atoms with Crippen LogP contribution in [0.3, 0.4) is 0 Å². The van der Waals surface area contributed by atoms with Crippen LogP contribution in [0.1, 0.15) is 12.5 Å². The fourth-order valence-corrected chi connectivity index (χ4v) is 1.71. The van der Waals surface area contributed by atoms with Crippen LogP contribution in [0.15, 0.2) is 54.6 Å². The highest BCUT2D eigenvalue weighted by atomic mass is 32.1. The fraction of sp³-hybridized carbons (Fsp3) is 0.0667. The molecule has 19 heavy (non-hydrogen) atoms. The molecule has 0 radical (unpaired) electrons. The van der Waals surface area contributed by atoms with Crippen molar-refractivity contribution in [2.24, 2.45) is 0 Å². The van der Waals surface area contributed by atoms with Crippen LogP contribution in [0.2, 0.25) is 0 Å². The van der Waals surface area contributed by atoms with E-state index in [1.807, 2.05) is 30.3 Å². The lowest BCUT2D eigenvalue weighted by molar-refractivity contribution is -0.131. The lowest BCUT2D eigenvalue weighted by Gasteiger charge is -2.07. The molecule has 0 saturated carbocycles. The van der Waals surface area contributed by atoms with Gasteiger partial charge in [-0.25, -0.2) is 0 Å². The summed E-state index contributed by atoms with van der Waals surface area (Å²) in [5.41, 5.74) is 0.759. The van der Waals surface area contributed by atoms with Crippen molar-refractivity contribution in [2.75, 3.05) is 0 Å². The van der Waals surface area contributed by atoms with E-state index in [0.29, 0.717) is 16.5 Å². The second-order valence-electron chi connectivity index (χ2n) is 3.82. The van der Waals surface area contributed by atoms with Crippen LogP contribution >= 0.6 is 12.2 Å². The van der Waals surface area contributed by atoms with E-state index in [9.17, 15) is 4.79 Å². The normalized spacial score (nSPS) is 9.74. The monoisotopic (exact) mass is 272 g/mol. The zero-order valence-electron chi connectivity index (χ0n) is 10.3. The van der Waals surface area contributed by atoms with Crippen LogP contribution in [0.5, 0.6) is 11.5 Å². The lowest BCUT2D eigenvalue weighted by atomic mass is 10.2. The van der Waals surface area contributed by atoms with Gasteiger partial charge in [0, 0.05) is 12.5 Å². The molecule has 0 N–H and O–H groups in total. The smallest absolute Gasteiger partial charge is 0.308 e. The summed E-state index contributed by atoms with van der Waals surface area (Å²) < 4.78 is 10.5. The number of thiocarbonyl (C=S) groups is 1. The number of ether oxygens (including phenoxy) is 2. The van der Waals surface area contributed by atoms with Gasteiger partial charge in [0.2, 0.25) is 0 Å². The predicted octanol–water partition coefficient (Wildman–Crippen LogP) is 3.37. The zero-order valence-corrected chi connectivity index (χ0v) is 11.1. The van der Waals surface area contributed by atoms with Gasteiger partial charge in [-0.3, -0.25) is 4.79 Å². The Bertz CT molecular complexity index is 576. The van der Waals surface area contributed by atoms with Crippen LogP contribution in [-0.2, 0) is 4.79 Å². The maximum absolute atomic E-state index is 10.8. The standard InChI is InChI=1S/C15H12O3S/c1-11(16)17-14-9-7-12(8-10-14)15(19)18-13-5-3-2-4-6-13/h2-10H,1H3. The second kappa shape index (κ2) is 6.11. The molecule has 0 fully saturated rings. The molecule has 2 aromatic rings. The summed E-state index contributed by atoms with van der Waals surface area (Å²) in [4.78, 5) is 10.8. The molecule has 0 atom stereocenters. The first kappa shape index (κ1) is 13.2. The van der Waals surface area contributed by atoms with Gasteiger partial charge in [0.15, 0.2) is 5.05 Å². The molecular formula is C15H12O3S. The highest BCUT2D eigenvalue weighted by Crippen LogP contribution is 2.16. The Labute approximate surface area is 116 Å². The van der Waals surface area contributed by atoms with E-state index >= 15 is 0 Å². The van der Waals surface area contributed by atoms with E-state index in [1.165, 1.54) is 6.92 Å². The number of carbonyl (C=O) groups excluding carboxylic acids is 1. The molecule has 96 valence electrons. The number of benzene rings is 2. The Morgan fingerprint density at radius 1 is 0.895 bits per heavy atom. The minimum absolute atomic E-state index is 0.351. The molecule has 0 spiro atoms. The maximum Gasteiger partial charge on any atom is 0.308 e. The summed E-state index contributed by atoms with van der Waals surface area (Å²) in [5, 5.41) is 0.376. The van der Waals surface area contributed by atoms with Crippen molar-refractivity contribution in [3.63, 3.8) is 0 Å². The van der Waals surface area contributed by atoms with E-state index in [2.05, 4.69) is 0 Å². The first-order valence-electron chi connectivity index (χ1n) is 5.71. The van der Waals surface area contributed by atoms with Crippen LogP contribution in [0, 0.1) is 0 Å². The molecule has 0 aliphatic rings. The Morgan fingerprint density at radius 2 is 1.47 bits per heavy atom. The van der Waals surface area contributed by atoms with E-state index < -0.39 is 0 Å². The molecule has 0 amide bonds. The van der Waals surface area contributed by atoms with Gasteiger partial charge in [0.1, 0.15) is 11.5 Å². The van der Waals surface area contributed by atoms with Gasteiger partial charge in [-0.05, 0) is 48.6 Å². The summed E-state index contributed by atoms with van der Waals surface area (Å²) in [5.74, 6) is 0.825. The van der Waals surface area contributed by atoms with E-state index in [1.54, 1.807) is 24.3 Å². The maximum atomic E-state index is 10.8. The lowest BCUT2D eigenvalue weighted by Crippen LogP contribution is -2.07. The predicted molar refractivity (Wildman–Crippen MR) is 76.5 cm³/mol. The molecule has 0 aliphatic carbocycles. The molecule has 2 rings (SSSR count). The number of hydrogen-bond acceptors (Lipinski definition) is 4. The van der Waals surface area contributed by atoms with Crippen molar-refractivity contribution in [3.8, 4) is 11.5 Å². The minimum atomic E-state index is -0.351. The number of esters is 1. The molecule has 0 heterocycles. The van der Waals surface area contributed by atoms with Crippen LogP contribution in [-0.4, -0.2) is 11.0 Å². The van der Waals surface area contributed by atoms with Crippen molar-refractivity contribution < 1.29 is 14.3 Å². The van der Waals surface area contributed by atoms with Crippen LogP contribution in [0.4, 0.5) is 0 Å². The van der Waals surface area contributed by atoms with Crippen LogP contribution in [0.25, 0.3) is 0 Å². The number of hydrogen-bond donors (Lipinski definition) is 0. The van der Waals surface area contributed by atoms with Gasteiger partial charge in [-0.1, -0.05) is 18.2 Å². The molecule has 2 aromatic carbocycles. The van der Waals surface area contributed by atoms with Crippen molar-refractivity contribution in [1.82, 2.24) is 0 Å². The third-order valence-electron chi connectivity index (χ3n) is 2.31. The summed E-state index contributed by atoms with van der Waals surface area (Å²) in [6, 6.07) is 16.2. The molecule has 0 aromatic heterocycles. The molecule has 4 heteroatoms. The highest BCUT2D eigenvalue weighted by molar-refractivity contribution is 7.80. The average molecular weight is 272 g/mol. The first-order valence-corrected chi connectivity index (χ1v) is 6.12. The van der Waals surface area contributed by atoms with Gasteiger partial charge < -0.3 is 9.47 Å². The summed E-state index contributed by atoms with van der Waals surface area (Å²) in [6.45, 7) is 1.36. The number of carbonyl (C=O) groups is 1. The molecule has 0 aliphatic heterocycles. The van der Waals surface area contributed by atoms with E-state index in [-0.39, 0.29) is 5.97 Å². The van der Waals surface area contributed by atoms with Gasteiger partial charge in [-0.2, -0.15) is 0 Å². The average Bonchev–Trinajstić information content (AvgIpc) is 2.40. The third kappa shape index (κ3) is 3.89. The molecule has 3 nitrogen and oxygen atoms in total. The Morgan fingerprint density at radius 3 is 2.05 bits per heavy atom. The topological polar surface area (TPSA) is 35.5 Å². The van der Waals surface area contributed by atoms with Gasteiger partial charge in [0.05, 0.1) is 0 Å². The van der Waals surface area contributed by atoms with E-state index in [0.717, 1.165) is 5.56 Å². The zero-order chi connectivity index (χ0) is 13.7. The Kier molecular flexibility index (Phi) is 4.26. The van der Waals surface area contributed by atoms with E-state index in [4.69, 9.17) is 21.7 Å². The third-order valence-corrected chi connectivity index (χ3v) is 2.62. The molecule has 0 saturated heterocycles. The molecular weight excluding hydrogens is 260 g/mol. The summed E-state index contributed by atoms with van der Waals surface area (Å²) >= 11 is 5.20. The highest BCUT2D eigenvalue weighted by Gasteiger charge is 2.05. The Hall–Kier alpha value is -2.20. The number of rotatable bonds is 3. The van der Waals surface area contributed by atoms with Crippen molar-refractivity contribution >= 4 is 23.2 Å². The Balaban J connectivity index is 2.05. The van der Waals surface area contributed by atoms with Gasteiger partial charge >= 0.3 is 5.97 Å². The second-order valence-corrected chi connectivity index (χ2v) is 4.19. The largest absolute Gasteiger partial charge is 0.445 e. The minimum Gasteiger partial charge on any atom is -0.445 e. The van der Waals surface area contributed by atoms with Gasteiger partial charge in [-0.15, -0.1) is 0 Å². The van der Waals surface area contributed by atoms with Crippen LogP contribution < -0.4 is 9.47 Å². The SMILES string of the molecule is CC(=O)Oc1ccc(C(=S)Oc2ccccc2)cc1. The molecule has 0 unspecified atom stereocenters. The summed E-state index contributed by atoms with van der Waals surface area (Å²) in [7, 11) is 0. The van der Waals surface area contributed by atoms with Crippen molar-refractivity contribution in [1.29, 1.82) is 0 Å². The van der Waals surface area contributed by atoms with Crippen molar-refractivity contribution in [3.05, 3.63) is 60.2 Å².